The Hall–Kier alpha value is -1.51. The highest BCUT2D eigenvalue weighted by Gasteiger charge is 2.24. The Kier molecular flexibility index (Phi) is 5.25. The van der Waals surface area contributed by atoms with Crippen molar-refractivity contribution in [3.63, 3.8) is 0 Å². The molecule has 2 rings (SSSR count). The second-order valence-electron chi connectivity index (χ2n) is 5.19. The lowest BCUT2D eigenvalue weighted by molar-refractivity contribution is -0.127. The maximum absolute atomic E-state index is 11.7. The summed E-state index contributed by atoms with van der Waals surface area (Å²) in [7, 11) is 0. The predicted octanol–water partition coefficient (Wildman–Crippen LogP) is 3.28. The summed E-state index contributed by atoms with van der Waals surface area (Å²) in [6.45, 7) is 3.54. The molecule has 0 aliphatic heterocycles. The van der Waals surface area contributed by atoms with Crippen LogP contribution in [0.25, 0.3) is 0 Å². The van der Waals surface area contributed by atoms with Crippen LogP contribution in [0.15, 0.2) is 24.3 Å². The SMILES string of the molecule is CCCCOc1ccc(CNC(=O)C2CCC2)cc1. The van der Waals surface area contributed by atoms with Crippen LogP contribution in [0.1, 0.15) is 44.6 Å². The monoisotopic (exact) mass is 261 g/mol. The molecule has 1 N–H and O–H groups in total. The van der Waals surface area contributed by atoms with E-state index in [4.69, 9.17) is 4.74 Å². The van der Waals surface area contributed by atoms with E-state index >= 15 is 0 Å². The molecule has 1 aliphatic carbocycles. The van der Waals surface area contributed by atoms with Crippen molar-refractivity contribution in [3.8, 4) is 5.75 Å². The van der Waals surface area contributed by atoms with Crippen LogP contribution in [0, 0.1) is 5.92 Å². The van der Waals surface area contributed by atoms with Gasteiger partial charge in [-0.25, -0.2) is 0 Å². The van der Waals surface area contributed by atoms with E-state index in [-0.39, 0.29) is 11.8 Å². The molecule has 1 saturated carbocycles. The van der Waals surface area contributed by atoms with Crippen LogP contribution < -0.4 is 10.1 Å². The summed E-state index contributed by atoms with van der Waals surface area (Å²) >= 11 is 0. The van der Waals surface area contributed by atoms with Gasteiger partial charge in [-0.15, -0.1) is 0 Å². The van der Waals surface area contributed by atoms with Crippen molar-refractivity contribution in [1.82, 2.24) is 5.32 Å². The highest BCUT2D eigenvalue weighted by atomic mass is 16.5. The maximum atomic E-state index is 11.7. The molecule has 0 saturated heterocycles. The van der Waals surface area contributed by atoms with Gasteiger partial charge in [0.25, 0.3) is 0 Å². The minimum Gasteiger partial charge on any atom is -0.494 e. The number of nitrogens with one attached hydrogen (secondary N) is 1. The van der Waals surface area contributed by atoms with Crippen LogP contribution in [-0.4, -0.2) is 12.5 Å². The fourth-order valence-electron chi connectivity index (χ4n) is 2.04. The van der Waals surface area contributed by atoms with Crippen molar-refractivity contribution in [2.75, 3.05) is 6.61 Å². The molecule has 1 aromatic rings. The van der Waals surface area contributed by atoms with E-state index in [0.717, 1.165) is 43.6 Å². The molecule has 19 heavy (non-hydrogen) atoms. The van der Waals surface area contributed by atoms with Gasteiger partial charge in [0, 0.05) is 12.5 Å². The molecule has 1 aromatic carbocycles. The van der Waals surface area contributed by atoms with Crippen LogP contribution in [0.3, 0.4) is 0 Å². The quantitative estimate of drug-likeness (QED) is 0.765. The van der Waals surface area contributed by atoms with E-state index in [1.165, 1.54) is 6.42 Å². The molecule has 0 radical (unpaired) electrons. The van der Waals surface area contributed by atoms with Gasteiger partial charge in [0.05, 0.1) is 6.61 Å². The molecule has 1 fully saturated rings. The normalized spacial score (nSPS) is 14.8. The van der Waals surface area contributed by atoms with Crippen molar-refractivity contribution in [2.24, 2.45) is 5.92 Å². The predicted molar refractivity (Wildman–Crippen MR) is 76.0 cm³/mol. The zero-order valence-electron chi connectivity index (χ0n) is 11.7. The molecular formula is C16H23NO2. The molecule has 3 nitrogen and oxygen atoms in total. The molecule has 3 heteroatoms. The minimum atomic E-state index is 0.203. The number of ether oxygens (including phenoxy) is 1. The Bertz CT molecular complexity index is 396. The van der Waals surface area contributed by atoms with E-state index in [0.29, 0.717) is 6.54 Å². The number of hydrogen-bond donors (Lipinski definition) is 1. The smallest absolute Gasteiger partial charge is 0.223 e. The topological polar surface area (TPSA) is 38.3 Å². The standard InChI is InChI=1S/C16H23NO2/c1-2-3-11-19-15-9-7-13(8-10-15)12-17-16(18)14-5-4-6-14/h7-10,14H,2-6,11-12H2,1H3,(H,17,18). The Morgan fingerprint density at radius 2 is 2.05 bits per heavy atom. The van der Waals surface area contributed by atoms with Crippen molar-refractivity contribution >= 4 is 5.91 Å². The number of amides is 1. The third-order valence-electron chi connectivity index (χ3n) is 3.63. The first kappa shape index (κ1) is 13.9. The average molecular weight is 261 g/mol. The van der Waals surface area contributed by atoms with Crippen LogP contribution >= 0.6 is 0 Å². The summed E-state index contributed by atoms with van der Waals surface area (Å²) in [5.74, 6) is 1.37. The zero-order valence-corrected chi connectivity index (χ0v) is 11.7. The van der Waals surface area contributed by atoms with E-state index in [2.05, 4.69) is 12.2 Å². The first-order valence-electron chi connectivity index (χ1n) is 7.29. The third-order valence-corrected chi connectivity index (χ3v) is 3.63. The van der Waals surface area contributed by atoms with Crippen molar-refractivity contribution in [1.29, 1.82) is 0 Å². The first-order valence-corrected chi connectivity index (χ1v) is 7.29. The van der Waals surface area contributed by atoms with Gasteiger partial charge in [-0.05, 0) is 37.0 Å². The summed E-state index contributed by atoms with van der Waals surface area (Å²) in [5, 5.41) is 2.99. The Balaban J connectivity index is 1.73. The molecule has 0 bridgehead atoms. The molecule has 1 aliphatic rings. The molecule has 1 amide bonds. The zero-order chi connectivity index (χ0) is 13.5. The van der Waals surface area contributed by atoms with Gasteiger partial charge in [-0.2, -0.15) is 0 Å². The summed E-state index contributed by atoms with van der Waals surface area (Å²) in [4.78, 5) is 11.7. The Labute approximate surface area is 115 Å². The second-order valence-corrected chi connectivity index (χ2v) is 5.19. The van der Waals surface area contributed by atoms with Gasteiger partial charge >= 0.3 is 0 Å². The molecule has 104 valence electrons. The van der Waals surface area contributed by atoms with Gasteiger partial charge in [0.2, 0.25) is 5.91 Å². The number of carbonyl (C=O) groups excluding carboxylic acids is 1. The number of unbranched alkanes of at least 4 members (excludes halogenated alkanes) is 1. The second kappa shape index (κ2) is 7.17. The fraction of sp³-hybridized carbons (Fsp3) is 0.562. The van der Waals surface area contributed by atoms with Gasteiger partial charge in [-0.3, -0.25) is 4.79 Å². The highest BCUT2D eigenvalue weighted by molar-refractivity contribution is 5.79. The lowest BCUT2D eigenvalue weighted by atomic mass is 9.85. The third kappa shape index (κ3) is 4.27. The summed E-state index contributed by atoms with van der Waals surface area (Å²) < 4.78 is 5.60. The Morgan fingerprint density at radius 3 is 2.63 bits per heavy atom. The number of benzene rings is 1. The first-order chi connectivity index (χ1) is 9.29. The molecule has 0 unspecified atom stereocenters. The molecule has 0 atom stereocenters. The summed E-state index contributed by atoms with van der Waals surface area (Å²) in [6, 6.07) is 7.98. The van der Waals surface area contributed by atoms with E-state index in [1.54, 1.807) is 0 Å². The molecular weight excluding hydrogens is 238 g/mol. The summed E-state index contributed by atoms with van der Waals surface area (Å²) in [5.41, 5.74) is 1.12. The number of hydrogen-bond acceptors (Lipinski definition) is 2. The van der Waals surface area contributed by atoms with Crippen molar-refractivity contribution in [2.45, 2.75) is 45.6 Å². The van der Waals surface area contributed by atoms with Crippen LogP contribution in [-0.2, 0) is 11.3 Å². The highest BCUT2D eigenvalue weighted by Crippen LogP contribution is 2.26. The van der Waals surface area contributed by atoms with Crippen LogP contribution in [0.5, 0.6) is 5.75 Å². The van der Waals surface area contributed by atoms with Gasteiger partial charge < -0.3 is 10.1 Å². The molecule has 0 heterocycles. The number of rotatable bonds is 7. The van der Waals surface area contributed by atoms with Gasteiger partial charge in [0.15, 0.2) is 0 Å². The minimum absolute atomic E-state index is 0.203. The van der Waals surface area contributed by atoms with Crippen molar-refractivity contribution < 1.29 is 9.53 Å². The number of carbonyl (C=O) groups is 1. The fourth-order valence-corrected chi connectivity index (χ4v) is 2.04. The van der Waals surface area contributed by atoms with Crippen LogP contribution in [0.4, 0.5) is 0 Å². The van der Waals surface area contributed by atoms with E-state index in [1.807, 2.05) is 24.3 Å². The van der Waals surface area contributed by atoms with Crippen LogP contribution in [0.2, 0.25) is 0 Å². The van der Waals surface area contributed by atoms with Crippen molar-refractivity contribution in [3.05, 3.63) is 29.8 Å². The van der Waals surface area contributed by atoms with Gasteiger partial charge in [0.1, 0.15) is 5.75 Å². The maximum Gasteiger partial charge on any atom is 0.223 e. The Morgan fingerprint density at radius 1 is 1.32 bits per heavy atom. The molecule has 0 aromatic heterocycles. The molecule has 0 spiro atoms. The lowest BCUT2D eigenvalue weighted by Crippen LogP contribution is -2.33. The average Bonchev–Trinajstić information content (AvgIpc) is 2.36. The van der Waals surface area contributed by atoms with E-state index < -0.39 is 0 Å². The largest absolute Gasteiger partial charge is 0.494 e. The summed E-state index contributed by atoms with van der Waals surface area (Å²) in [6.07, 6.45) is 5.53. The van der Waals surface area contributed by atoms with Gasteiger partial charge in [-0.1, -0.05) is 31.9 Å². The van der Waals surface area contributed by atoms with E-state index in [9.17, 15) is 4.79 Å². The lowest BCUT2D eigenvalue weighted by Gasteiger charge is -2.24.